The van der Waals surface area contributed by atoms with Gasteiger partial charge in [0.15, 0.2) is 0 Å². The van der Waals surface area contributed by atoms with E-state index in [0.717, 1.165) is 16.9 Å². The summed E-state index contributed by atoms with van der Waals surface area (Å²) in [6.45, 7) is 1.72. The van der Waals surface area contributed by atoms with Crippen LogP contribution in [0.1, 0.15) is 28.4 Å². The molecule has 2 aromatic rings. The van der Waals surface area contributed by atoms with E-state index in [1.807, 2.05) is 18.2 Å². The molecule has 0 saturated heterocycles. The molecule has 3 rings (SSSR count). The van der Waals surface area contributed by atoms with Gasteiger partial charge in [-0.05, 0) is 42.3 Å². The average molecular weight is 253 g/mol. The van der Waals surface area contributed by atoms with E-state index in [1.165, 1.54) is 0 Å². The summed E-state index contributed by atoms with van der Waals surface area (Å²) in [6.07, 6.45) is 0.506. The van der Waals surface area contributed by atoms with Gasteiger partial charge in [-0.25, -0.2) is 4.39 Å². The van der Waals surface area contributed by atoms with Gasteiger partial charge in [-0.2, -0.15) is 5.26 Å². The second kappa shape index (κ2) is 4.40. The van der Waals surface area contributed by atoms with Crippen molar-refractivity contribution in [1.29, 1.82) is 5.26 Å². The molecule has 0 radical (unpaired) electrons. The average Bonchev–Trinajstić information content (AvgIpc) is 2.82. The van der Waals surface area contributed by atoms with Crippen LogP contribution in [0.3, 0.4) is 0 Å². The Kier molecular flexibility index (Phi) is 2.72. The molecule has 0 spiro atoms. The van der Waals surface area contributed by atoms with Gasteiger partial charge in [0.2, 0.25) is 0 Å². The highest BCUT2D eigenvalue weighted by molar-refractivity contribution is 5.44. The molecule has 1 atom stereocenters. The molecule has 2 nitrogen and oxygen atoms in total. The van der Waals surface area contributed by atoms with E-state index in [9.17, 15) is 4.39 Å². The molecule has 0 fully saturated rings. The topological polar surface area (TPSA) is 33.0 Å². The molecule has 0 amide bonds. The maximum absolute atomic E-state index is 13.5. The second-order valence-corrected chi connectivity index (χ2v) is 4.76. The molecule has 0 aliphatic carbocycles. The maximum Gasteiger partial charge on any atom is 0.128 e. The Labute approximate surface area is 111 Å². The summed E-state index contributed by atoms with van der Waals surface area (Å²) in [6, 6.07) is 12.7. The molecule has 2 aromatic carbocycles. The van der Waals surface area contributed by atoms with E-state index in [0.29, 0.717) is 17.5 Å². The number of halogens is 1. The highest BCUT2D eigenvalue weighted by atomic mass is 19.1. The van der Waals surface area contributed by atoms with E-state index in [-0.39, 0.29) is 11.9 Å². The Hall–Kier alpha value is -2.34. The summed E-state index contributed by atoms with van der Waals surface area (Å²) in [4.78, 5) is 0. The molecule has 1 heterocycles. The van der Waals surface area contributed by atoms with Gasteiger partial charge in [-0.3, -0.25) is 0 Å². The third-order valence-electron chi connectivity index (χ3n) is 3.40. The first-order valence-electron chi connectivity index (χ1n) is 6.13. The molecule has 0 saturated carbocycles. The number of aryl methyl sites for hydroxylation is 1. The zero-order chi connectivity index (χ0) is 13.4. The van der Waals surface area contributed by atoms with Crippen molar-refractivity contribution in [3.63, 3.8) is 0 Å². The van der Waals surface area contributed by atoms with Crippen molar-refractivity contribution in [2.24, 2.45) is 0 Å². The largest absolute Gasteiger partial charge is 0.485 e. The monoisotopic (exact) mass is 253 g/mol. The van der Waals surface area contributed by atoms with E-state index in [4.69, 9.17) is 10.00 Å². The minimum absolute atomic E-state index is 0.135. The highest BCUT2D eigenvalue weighted by Crippen LogP contribution is 2.38. The van der Waals surface area contributed by atoms with Crippen LogP contribution in [0, 0.1) is 24.1 Å². The van der Waals surface area contributed by atoms with Crippen molar-refractivity contribution >= 4 is 0 Å². The third kappa shape index (κ3) is 2.06. The summed E-state index contributed by atoms with van der Waals surface area (Å²) >= 11 is 0. The minimum Gasteiger partial charge on any atom is -0.485 e. The van der Waals surface area contributed by atoms with Crippen LogP contribution in [0.25, 0.3) is 0 Å². The van der Waals surface area contributed by atoms with Gasteiger partial charge in [-0.15, -0.1) is 0 Å². The lowest BCUT2D eigenvalue weighted by molar-refractivity contribution is 0.238. The van der Waals surface area contributed by atoms with Crippen LogP contribution in [-0.4, -0.2) is 0 Å². The van der Waals surface area contributed by atoms with E-state index < -0.39 is 0 Å². The molecule has 0 bridgehead atoms. The SMILES string of the molecule is Cc1cc2c(cc1F)CC(c1cccc(C#N)c1)O2. The fourth-order valence-corrected chi connectivity index (χ4v) is 2.35. The second-order valence-electron chi connectivity index (χ2n) is 4.76. The van der Waals surface area contributed by atoms with Crippen LogP contribution in [0.2, 0.25) is 0 Å². The van der Waals surface area contributed by atoms with Gasteiger partial charge in [0.1, 0.15) is 17.7 Å². The normalized spacial score (nSPS) is 16.6. The van der Waals surface area contributed by atoms with Gasteiger partial charge in [0, 0.05) is 12.0 Å². The minimum atomic E-state index is -0.200. The summed E-state index contributed by atoms with van der Waals surface area (Å²) in [5.74, 6) is 0.542. The van der Waals surface area contributed by atoms with Crippen molar-refractivity contribution in [2.45, 2.75) is 19.4 Å². The number of fused-ring (bicyclic) bond motifs is 1. The first-order valence-corrected chi connectivity index (χ1v) is 6.13. The van der Waals surface area contributed by atoms with Crippen LogP contribution in [0.4, 0.5) is 4.39 Å². The smallest absolute Gasteiger partial charge is 0.128 e. The summed E-state index contributed by atoms with van der Waals surface area (Å²) in [5, 5.41) is 8.91. The number of ether oxygens (including phenoxy) is 1. The Balaban J connectivity index is 1.93. The van der Waals surface area contributed by atoms with Crippen LogP contribution < -0.4 is 4.74 Å². The highest BCUT2D eigenvalue weighted by Gasteiger charge is 2.25. The van der Waals surface area contributed by atoms with Crippen LogP contribution in [0.5, 0.6) is 5.75 Å². The van der Waals surface area contributed by atoms with Crippen molar-refractivity contribution in [1.82, 2.24) is 0 Å². The lowest BCUT2D eigenvalue weighted by Gasteiger charge is -2.11. The zero-order valence-electron chi connectivity index (χ0n) is 10.5. The molecular weight excluding hydrogens is 241 g/mol. The molecule has 0 aromatic heterocycles. The van der Waals surface area contributed by atoms with Gasteiger partial charge in [-0.1, -0.05) is 12.1 Å². The summed E-state index contributed by atoms with van der Waals surface area (Å²) in [5.41, 5.74) is 3.04. The zero-order valence-corrected chi connectivity index (χ0v) is 10.5. The maximum atomic E-state index is 13.5. The third-order valence-corrected chi connectivity index (χ3v) is 3.40. The number of nitriles is 1. The van der Waals surface area contributed by atoms with Crippen molar-refractivity contribution in [3.8, 4) is 11.8 Å². The van der Waals surface area contributed by atoms with E-state index in [1.54, 1.807) is 25.1 Å². The molecule has 1 aliphatic rings. The Bertz CT molecular complexity index is 657. The predicted molar refractivity (Wildman–Crippen MR) is 69.4 cm³/mol. The standard InChI is InChI=1S/C16H12FNO/c1-10-5-15-13(7-14(10)17)8-16(19-15)12-4-2-3-11(6-12)9-18/h2-7,16H,8H2,1H3. The van der Waals surface area contributed by atoms with E-state index >= 15 is 0 Å². The van der Waals surface area contributed by atoms with Crippen molar-refractivity contribution in [2.75, 3.05) is 0 Å². The Morgan fingerprint density at radius 1 is 1.32 bits per heavy atom. The Morgan fingerprint density at radius 3 is 2.95 bits per heavy atom. The van der Waals surface area contributed by atoms with Gasteiger partial charge >= 0.3 is 0 Å². The van der Waals surface area contributed by atoms with Gasteiger partial charge in [0.25, 0.3) is 0 Å². The molecule has 1 unspecified atom stereocenters. The Morgan fingerprint density at radius 2 is 2.16 bits per heavy atom. The van der Waals surface area contributed by atoms with E-state index in [2.05, 4.69) is 6.07 Å². The van der Waals surface area contributed by atoms with Crippen molar-refractivity contribution in [3.05, 3.63) is 64.5 Å². The summed E-state index contributed by atoms with van der Waals surface area (Å²) < 4.78 is 19.4. The number of benzene rings is 2. The molecule has 0 N–H and O–H groups in total. The molecule has 3 heteroatoms. The number of hydrogen-bond donors (Lipinski definition) is 0. The fraction of sp³-hybridized carbons (Fsp3) is 0.188. The quantitative estimate of drug-likeness (QED) is 0.776. The predicted octanol–water partition coefficient (Wildman–Crippen LogP) is 3.68. The lowest BCUT2D eigenvalue weighted by Crippen LogP contribution is -2.03. The first-order chi connectivity index (χ1) is 9.17. The van der Waals surface area contributed by atoms with Gasteiger partial charge < -0.3 is 4.74 Å². The lowest BCUT2D eigenvalue weighted by atomic mass is 10.0. The molecule has 1 aliphatic heterocycles. The molecule has 19 heavy (non-hydrogen) atoms. The van der Waals surface area contributed by atoms with Gasteiger partial charge in [0.05, 0.1) is 11.6 Å². The number of rotatable bonds is 1. The molecular formula is C16H12FNO. The number of hydrogen-bond acceptors (Lipinski definition) is 2. The fourth-order valence-electron chi connectivity index (χ4n) is 2.35. The van der Waals surface area contributed by atoms with Crippen LogP contribution >= 0.6 is 0 Å². The summed E-state index contributed by atoms with van der Waals surface area (Å²) in [7, 11) is 0. The van der Waals surface area contributed by atoms with Crippen LogP contribution in [-0.2, 0) is 6.42 Å². The van der Waals surface area contributed by atoms with Crippen molar-refractivity contribution < 1.29 is 9.13 Å². The van der Waals surface area contributed by atoms with Crippen LogP contribution in [0.15, 0.2) is 36.4 Å². The molecule has 94 valence electrons. The number of nitrogens with zero attached hydrogens (tertiary/aromatic N) is 1. The first kappa shape index (κ1) is 11.7.